The van der Waals surface area contributed by atoms with E-state index in [0.717, 1.165) is 12.8 Å². The first-order valence-corrected chi connectivity index (χ1v) is 11.9. The Morgan fingerprint density at radius 2 is 2.00 bits per heavy atom. The van der Waals surface area contributed by atoms with Crippen molar-refractivity contribution in [2.75, 3.05) is 31.6 Å². The number of hydrogen-bond donors (Lipinski definition) is 3. The van der Waals surface area contributed by atoms with Gasteiger partial charge in [-0.15, -0.1) is 0 Å². The fraction of sp³-hybridized carbons (Fsp3) is 0.625. The monoisotopic (exact) mass is 459 g/mol. The lowest BCUT2D eigenvalue weighted by atomic mass is 9.70. The Labute approximate surface area is 193 Å². The third-order valence-corrected chi connectivity index (χ3v) is 6.95. The number of likely N-dealkylation sites (tertiary alicyclic amines) is 1. The minimum absolute atomic E-state index is 0.0319. The van der Waals surface area contributed by atoms with Crippen LogP contribution in [-0.4, -0.2) is 71.8 Å². The maximum Gasteiger partial charge on any atom is 0.245 e. The molecule has 3 N–H and O–H groups in total. The van der Waals surface area contributed by atoms with Crippen LogP contribution in [0.2, 0.25) is 0 Å². The van der Waals surface area contributed by atoms with Gasteiger partial charge in [0.2, 0.25) is 17.7 Å². The van der Waals surface area contributed by atoms with Gasteiger partial charge in [0, 0.05) is 18.8 Å². The van der Waals surface area contributed by atoms with Gasteiger partial charge in [-0.3, -0.25) is 14.4 Å². The number of aliphatic hydroxyl groups is 1. The number of hydrogen-bond acceptors (Lipinski definition) is 6. The van der Waals surface area contributed by atoms with Gasteiger partial charge in [-0.25, -0.2) is 0 Å². The van der Waals surface area contributed by atoms with Gasteiger partial charge in [-0.2, -0.15) is 0 Å². The molecule has 1 spiro atoms. The summed E-state index contributed by atoms with van der Waals surface area (Å²) in [5.41, 5.74) is -0.430. The first-order chi connectivity index (χ1) is 16.0. The number of nitrogens with one attached hydrogen (secondary N) is 2. The molecule has 1 aromatic rings. The Morgan fingerprint density at radius 3 is 2.67 bits per heavy atom. The van der Waals surface area contributed by atoms with Crippen LogP contribution in [0.15, 0.2) is 24.3 Å². The summed E-state index contributed by atoms with van der Waals surface area (Å²) < 4.78 is 11.7. The summed E-state index contributed by atoms with van der Waals surface area (Å²) in [5, 5.41) is 15.4. The van der Waals surface area contributed by atoms with E-state index in [-0.39, 0.29) is 30.9 Å². The van der Waals surface area contributed by atoms with Gasteiger partial charge in [-0.1, -0.05) is 13.3 Å². The normalized spacial score (nSPS) is 29.8. The second kappa shape index (κ2) is 9.69. The molecule has 3 aliphatic heterocycles. The number of benzene rings is 1. The van der Waals surface area contributed by atoms with Gasteiger partial charge in [0.15, 0.2) is 0 Å². The first-order valence-electron chi connectivity index (χ1n) is 11.9. The van der Waals surface area contributed by atoms with Gasteiger partial charge in [0.05, 0.1) is 31.2 Å². The number of carbonyl (C=O) groups excluding carboxylic acids is 3. The number of unbranched alkanes of at least 4 members (excludes halogenated alkanes) is 1. The second-order valence-corrected chi connectivity index (χ2v) is 8.90. The van der Waals surface area contributed by atoms with Crippen LogP contribution in [0.1, 0.15) is 39.5 Å². The third kappa shape index (κ3) is 4.08. The highest BCUT2D eigenvalue weighted by Crippen LogP contribution is 2.58. The van der Waals surface area contributed by atoms with E-state index in [4.69, 9.17) is 9.47 Å². The molecule has 5 atom stereocenters. The van der Waals surface area contributed by atoms with Crippen LogP contribution in [0, 0.1) is 11.8 Å². The van der Waals surface area contributed by atoms with Crippen molar-refractivity contribution in [1.82, 2.24) is 10.2 Å². The van der Waals surface area contributed by atoms with E-state index in [2.05, 4.69) is 10.6 Å². The number of nitrogens with zero attached hydrogens (tertiary/aromatic N) is 1. The highest BCUT2D eigenvalue weighted by atomic mass is 16.5. The van der Waals surface area contributed by atoms with Crippen molar-refractivity contribution in [3.63, 3.8) is 0 Å². The van der Waals surface area contributed by atoms with Gasteiger partial charge in [0.1, 0.15) is 17.4 Å². The van der Waals surface area contributed by atoms with Crippen LogP contribution >= 0.6 is 0 Å². The summed E-state index contributed by atoms with van der Waals surface area (Å²) in [5.74, 6) is -1.59. The average molecular weight is 460 g/mol. The first kappa shape index (κ1) is 23.5. The molecule has 9 heteroatoms. The summed E-state index contributed by atoms with van der Waals surface area (Å²) in [6, 6.07) is 6.22. The summed E-state index contributed by atoms with van der Waals surface area (Å²) in [7, 11) is 0. The molecule has 2 bridgehead atoms. The van der Waals surface area contributed by atoms with E-state index >= 15 is 0 Å². The van der Waals surface area contributed by atoms with Crippen molar-refractivity contribution >= 4 is 23.4 Å². The Morgan fingerprint density at radius 1 is 1.24 bits per heavy atom. The van der Waals surface area contributed by atoms with Crippen molar-refractivity contribution in [3.05, 3.63) is 24.3 Å². The number of β-amino-alcohol motifs (C(OH)–C–C–N with tert-alkyl or cyclic N) is 1. The third-order valence-electron chi connectivity index (χ3n) is 6.95. The molecular weight excluding hydrogens is 426 g/mol. The average Bonchev–Trinajstić information content (AvgIpc) is 3.43. The zero-order valence-electron chi connectivity index (χ0n) is 19.2. The number of aliphatic hydroxyl groups excluding tert-OH is 1. The molecule has 0 saturated carbocycles. The smallest absolute Gasteiger partial charge is 0.245 e. The van der Waals surface area contributed by atoms with Gasteiger partial charge in [0.25, 0.3) is 0 Å². The molecule has 1 aromatic carbocycles. The minimum atomic E-state index is -1.03. The van der Waals surface area contributed by atoms with Crippen molar-refractivity contribution in [2.24, 2.45) is 11.8 Å². The molecule has 3 heterocycles. The largest absolute Gasteiger partial charge is 0.494 e. The SMILES string of the molecule is CCCCNC(=O)C1N(CCO)C(=O)[C@@H]2[C@@H](C(=O)Nc3ccc(OCC)cc3)[C@H]3CCC12O3. The molecule has 3 amide bonds. The number of fused-ring (bicyclic) bond motifs is 1. The summed E-state index contributed by atoms with van der Waals surface area (Å²) in [6.07, 6.45) is 2.50. The van der Waals surface area contributed by atoms with Crippen LogP contribution in [0.25, 0.3) is 0 Å². The quantitative estimate of drug-likeness (QED) is 0.454. The fourth-order valence-electron chi connectivity index (χ4n) is 5.61. The Balaban J connectivity index is 1.56. The molecule has 33 heavy (non-hydrogen) atoms. The summed E-state index contributed by atoms with van der Waals surface area (Å²) in [4.78, 5) is 41.3. The number of carbonyl (C=O) groups is 3. The van der Waals surface area contributed by atoms with Gasteiger partial charge in [-0.05, 0) is 50.5 Å². The van der Waals surface area contributed by atoms with E-state index < -0.39 is 29.6 Å². The molecule has 3 saturated heterocycles. The molecule has 3 fully saturated rings. The van der Waals surface area contributed by atoms with Gasteiger partial charge < -0.3 is 30.1 Å². The summed E-state index contributed by atoms with van der Waals surface area (Å²) >= 11 is 0. The van der Waals surface area contributed by atoms with Crippen LogP contribution in [-0.2, 0) is 19.1 Å². The highest BCUT2D eigenvalue weighted by Gasteiger charge is 2.74. The van der Waals surface area contributed by atoms with E-state index in [1.54, 1.807) is 24.3 Å². The predicted molar refractivity (Wildman–Crippen MR) is 121 cm³/mol. The molecule has 0 radical (unpaired) electrons. The lowest BCUT2D eigenvalue weighted by molar-refractivity contribution is -0.141. The molecular formula is C24H33N3O6. The van der Waals surface area contributed by atoms with Crippen molar-refractivity contribution < 1.29 is 29.0 Å². The van der Waals surface area contributed by atoms with Crippen molar-refractivity contribution in [1.29, 1.82) is 0 Å². The zero-order chi connectivity index (χ0) is 23.6. The van der Waals surface area contributed by atoms with Crippen LogP contribution in [0.3, 0.4) is 0 Å². The van der Waals surface area contributed by atoms with Crippen molar-refractivity contribution in [2.45, 2.75) is 57.3 Å². The molecule has 2 unspecified atom stereocenters. The number of anilines is 1. The standard InChI is InChI=1S/C24H33N3O6/c1-3-5-12-25-22(30)20-24-11-10-17(33-24)18(19(24)23(31)27(20)13-14-28)21(29)26-15-6-8-16(9-7-15)32-4-2/h6-9,17-20,28H,3-5,10-14H2,1-2H3,(H,25,30)(H,26,29)/t17-,18+,19+,20?,24?/m1/s1. The number of amides is 3. The maximum atomic E-state index is 13.4. The number of ether oxygens (including phenoxy) is 2. The van der Waals surface area contributed by atoms with Gasteiger partial charge >= 0.3 is 0 Å². The molecule has 0 aromatic heterocycles. The number of rotatable bonds is 10. The van der Waals surface area contributed by atoms with Crippen molar-refractivity contribution in [3.8, 4) is 5.75 Å². The lowest BCUT2D eigenvalue weighted by Crippen LogP contribution is -2.55. The molecule has 180 valence electrons. The Kier molecular flexibility index (Phi) is 6.90. The Bertz CT molecular complexity index is 891. The van der Waals surface area contributed by atoms with Crippen LogP contribution in [0.5, 0.6) is 5.75 Å². The van der Waals surface area contributed by atoms with Crippen LogP contribution in [0.4, 0.5) is 5.69 Å². The van der Waals surface area contributed by atoms with Crippen LogP contribution < -0.4 is 15.4 Å². The highest BCUT2D eigenvalue weighted by molar-refractivity contribution is 6.02. The summed E-state index contributed by atoms with van der Waals surface area (Å²) in [6.45, 7) is 4.77. The molecule has 4 rings (SSSR count). The lowest BCUT2D eigenvalue weighted by Gasteiger charge is -2.33. The molecule has 3 aliphatic rings. The van der Waals surface area contributed by atoms with E-state index in [0.29, 0.717) is 37.4 Å². The van der Waals surface area contributed by atoms with E-state index in [1.165, 1.54) is 4.90 Å². The zero-order valence-corrected chi connectivity index (χ0v) is 19.2. The Hall–Kier alpha value is -2.65. The fourth-order valence-corrected chi connectivity index (χ4v) is 5.61. The minimum Gasteiger partial charge on any atom is -0.494 e. The molecule has 9 nitrogen and oxygen atoms in total. The topological polar surface area (TPSA) is 117 Å². The van der Waals surface area contributed by atoms with E-state index in [9.17, 15) is 19.5 Å². The molecule has 0 aliphatic carbocycles. The van der Waals surface area contributed by atoms with E-state index in [1.807, 2.05) is 13.8 Å². The predicted octanol–water partition coefficient (Wildman–Crippen LogP) is 1.31. The maximum absolute atomic E-state index is 13.4. The second-order valence-electron chi connectivity index (χ2n) is 8.90.